The van der Waals surface area contributed by atoms with Gasteiger partial charge in [0.1, 0.15) is 0 Å². The van der Waals surface area contributed by atoms with E-state index in [1.807, 2.05) is 0 Å². The molecule has 14 heavy (non-hydrogen) atoms. The average molecular weight is 189 g/mol. The third-order valence-corrected chi connectivity index (χ3v) is 2.46. The van der Waals surface area contributed by atoms with E-state index >= 15 is 0 Å². The van der Waals surface area contributed by atoms with Crippen LogP contribution in [0.5, 0.6) is 0 Å². The molecule has 1 aromatic carbocycles. The number of nitrogens with two attached hydrogens (primary N) is 1. The monoisotopic (exact) mass is 189 g/mol. The van der Waals surface area contributed by atoms with Crippen molar-refractivity contribution in [1.29, 1.82) is 0 Å². The van der Waals surface area contributed by atoms with Gasteiger partial charge in [0.2, 0.25) is 0 Å². The van der Waals surface area contributed by atoms with Crippen LogP contribution >= 0.6 is 0 Å². The number of anilines is 1. The van der Waals surface area contributed by atoms with Crippen molar-refractivity contribution >= 4 is 5.69 Å². The van der Waals surface area contributed by atoms with E-state index in [-0.39, 0.29) is 0 Å². The van der Waals surface area contributed by atoms with Crippen molar-refractivity contribution in [3.63, 3.8) is 0 Å². The van der Waals surface area contributed by atoms with Crippen LogP contribution in [0.1, 0.15) is 30.5 Å². The summed E-state index contributed by atoms with van der Waals surface area (Å²) in [5.41, 5.74) is 11.8. The fraction of sp³-hybridized carbons (Fsp3) is 0.385. The average Bonchev–Trinajstić information content (AvgIpc) is 2.10. The van der Waals surface area contributed by atoms with Crippen LogP contribution in [0.4, 0.5) is 5.69 Å². The molecule has 0 heterocycles. The molecule has 1 rings (SSSR count). The van der Waals surface area contributed by atoms with E-state index in [9.17, 15) is 0 Å². The number of hydrogen-bond donors (Lipinski definition) is 1. The Morgan fingerprint density at radius 3 is 2.50 bits per heavy atom. The van der Waals surface area contributed by atoms with Gasteiger partial charge in [-0.15, -0.1) is 0 Å². The summed E-state index contributed by atoms with van der Waals surface area (Å²) >= 11 is 0. The molecule has 0 amide bonds. The van der Waals surface area contributed by atoms with Gasteiger partial charge >= 0.3 is 0 Å². The number of nitrogen functional groups attached to an aromatic ring is 1. The molecule has 0 atom stereocenters. The summed E-state index contributed by atoms with van der Waals surface area (Å²) in [4.78, 5) is 0. The summed E-state index contributed by atoms with van der Waals surface area (Å²) in [6.07, 6.45) is 2.00. The predicted octanol–water partition coefficient (Wildman–Crippen LogP) is 3.26. The second kappa shape index (κ2) is 4.32. The Morgan fingerprint density at radius 1 is 1.36 bits per heavy atom. The lowest BCUT2D eigenvalue weighted by Crippen LogP contribution is -1.98. The van der Waals surface area contributed by atoms with Crippen molar-refractivity contribution in [2.75, 3.05) is 5.73 Å². The normalized spacial score (nSPS) is 10.2. The largest absolute Gasteiger partial charge is 0.399 e. The fourth-order valence-electron chi connectivity index (χ4n) is 1.65. The molecule has 0 radical (unpaired) electrons. The van der Waals surface area contributed by atoms with Gasteiger partial charge in [-0.05, 0) is 49.4 Å². The molecule has 0 saturated carbocycles. The first kappa shape index (κ1) is 10.8. The number of rotatable bonds is 3. The molecule has 2 N–H and O–H groups in total. The van der Waals surface area contributed by atoms with Crippen LogP contribution in [0.3, 0.4) is 0 Å². The third-order valence-electron chi connectivity index (χ3n) is 2.46. The first-order valence-corrected chi connectivity index (χ1v) is 5.06. The van der Waals surface area contributed by atoms with Crippen molar-refractivity contribution in [3.05, 3.63) is 41.0 Å². The topological polar surface area (TPSA) is 26.0 Å². The van der Waals surface area contributed by atoms with Crippen molar-refractivity contribution in [2.24, 2.45) is 0 Å². The standard InChI is InChI=1S/C13H19N/c1-5-11-8-13(14)10(4)7-12(11)6-9(2)3/h7-8H,2,5-6,14H2,1,3-4H3. The number of aryl methyl sites for hydroxylation is 2. The molecular formula is C13H19N. The lowest BCUT2D eigenvalue weighted by molar-refractivity contribution is 1.04. The molecule has 0 saturated heterocycles. The van der Waals surface area contributed by atoms with Gasteiger partial charge in [0.25, 0.3) is 0 Å². The Balaban J connectivity index is 3.13. The van der Waals surface area contributed by atoms with E-state index in [1.54, 1.807) is 0 Å². The second-order valence-corrected chi connectivity index (χ2v) is 3.96. The molecule has 0 unspecified atom stereocenters. The van der Waals surface area contributed by atoms with E-state index in [0.717, 1.165) is 18.5 Å². The zero-order chi connectivity index (χ0) is 10.7. The molecule has 0 spiro atoms. The molecular weight excluding hydrogens is 170 g/mol. The minimum Gasteiger partial charge on any atom is -0.399 e. The molecule has 0 aliphatic carbocycles. The van der Waals surface area contributed by atoms with E-state index < -0.39 is 0 Å². The Morgan fingerprint density at radius 2 is 2.00 bits per heavy atom. The Labute approximate surface area is 86.6 Å². The predicted molar refractivity (Wildman–Crippen MR) is 63.5 cm³/mol. The van der Waals surface area contributed by atoms with Crippen molar-refractivity contribution in [3.8, 4) is 0 Å². The number of allylic oxidation sites excluding steroid dienone is 1. The highest BCUT2D eigenvalue weighted by Crippen LogP contribution is 2.21. The third kappa shape index (κ3) is 2.38. The molecule has 0 fully saturated rings. The zero-order valence-electron chi connectivity index (χ0n) is 9.35. The first-order chi connectivity index (χ1) is 6.54. The van der Waals surface area contributed by atoms with Crippen LogP contribution in [-0.2, 0) is 12.8 Å². The second-order valence-electron chi connectivity index (χ2n) is 3.96. The highest BCUT2D eigenvalue weighted by Gasteiger charge is 2.04. The van der Waals surface area contributed by atoms with Gasteiger partial charge in [-0.25, -0.2) is 0 Å². The van der Waals surface area contributed by atoms with Crippen LogP contribution in [-0.4, -0.2) is 0 Å². The molecule has 1 aromatic rings. The van der Waals surface area contributed by atoms with Gasteiger partial charge in [-0.2, -0.15) is 0 Å². The van der Waals surface area contributed by atoms with Gasteiger partial charge in [-0.1, -0.05) is 25.1 Å². The highest BCUT2D eigenvalue weighted by molar-refractivity contribution is 5.52. The van der Waals surface area contributed by atoms with E-state index in [0.29, 0.717) is 0 Å². The van der Waals surface area contributed by atoms with Crippen molar-refractivity contribution in [2.45, 2.75) is 33.6 Å². The fourth-order valence-corrected chi connectivity index (χ4v) is 1.65. The lowest BCUT2D eigenvalue weighted by Gasteiger charge is -2.11. The number of hydrogen-bond acceptors (Lipinski definition) is 1. The molecule has 76 valence electrons. The quantitative estimate of drug-likeness (QED) is 0.573. The minimum absolute atomic E-state index is 0.896. The van der Waals surface area contributed by atoms with Gasteiger partial charge in [0.05, 0.1) is 0 Å². The van der Waals surface area contributed by atoms with Crippen LogP contribution in [0, 0.1) is 6.92 Å². The summed E-state index contributed by atoms with van der Waals surface area (Å²) in [7, 11) is 0. The summed E-state index contributed by atoms with van der Waals surface area (Å²) < 4.78 is 0. The molecule has 1 nitrogen and oxygen atoms in total. The first-order valence-electron chi connectivity index (χ1n) is 5.06. The Hall–Kier alpha value is -1.24. The summed E-state index contributed by atoms with van der Waals surface area (Å²) in [5.74, 6) is 0. The zero-order valence-corrected chi connectivity index (χ0v) is 9.35. The molecule has 0 aliphatic rings. The summed E-state index contributed by atoms with van der Waals surface area (Å²) in [6, 6.07) is 4.27. The Bertz CT molecular complexity index is 350. The maximum absolute atomic E-state index is 5.87. The van der Waals surface area contributed by atoms with Crippen molar-refractivity contribution < 1.29 is 0 Å². The van der Waals surface area contributed by atoms with Gasteiger partial charge in [-0.3, -0.25) is 0 Å². The molecule has 0 aromatic heterocycles. The van der Waals surface area contributed by atoms with Gasteiger partial charge < -0.3 is 5.73 Å². The van der Waals surface area contributed by atoms with E-state index in [2.05, 4.69) is 39.5 Å². The SMILES string of the molecule is C=C(C)Cc1cc(C)c(N)cc1CC. The van der Waals surface area contributed by atoms with Gasteiger partial charge in [0, 0.05) is 5.69 Å². The van der Waals surface area contributed by atoms with Crippen LogP contribution < -0.4 is 5.73 Å². The van der Waals surface area contributed by atoms with Crippen molar-refractivity contribution in [1.82, 2.24) is 0 Å². The van der Waals surface area contributed by atoms with Crippen LogP contribution in [0.25, 0.3) is 0 Å². The van der Waals surface area contributed by atoms with E-state index in [1.165, 1.54) is 22.3 Å². The maximum Gasteiger partial charge on any atom is 0.0346 e. The van der Waals surface area contributed by atoms with Gasteiger partial charge in [0.15, 0.2) is 0 Å². The Kier molecular flexibility index (Phi) is 3.34. The van der Waals surface area contributed by atoms with Crippen LogP contribution in [0.2, 0.25) is 0 Å². The van der Waals surface area contributed by atoms with E-state index in [4.69, 9.17) is 5.73 Å². The summed E-state index contributed by atoms with van der Waals surface area (Å²) in [6.45, 7) is 10.2. The molecule has 0 bridgehead atoms. The van der Waals surface area contributed by atoms with Crippen LogP contribution in [0.15, 0.2) is 24.3 Å². The summed E-state index contributed by atoms with van der Waals surface area (Å²) in [5, 5.41) is 0. The lowest BCUT2D eigenvalue weighted by atomic mass is 9.96. The maximum atomic E-state index is 5.87. The highest BCUT2D eigenvalue weighted by atomic mass is 14.6. The smallest absolute Gasteiger partial charge is 0.0346 e. The molecule has 1 heteroatoms. The molecule has 0 aliphatic heterocycles. The number of benzene rings is 1. The minimum atomic E-state index is 0.896.